The van der Waals surface area contributed by atoms with Gasteiger partial charge in [0, 0.05) is 25.7 Å². The van der Waals surface area contributed by atoms with Crippen molar-refractivity contribution in [2.45, 2.75) is 83.6 Å². The van der Waals surface area contributed by atoms with Crippen molar-refractivity contribution in [1.29, 1.82) is 0 Å². The first-order valence-corrected chi connectivity index (χ1v) is 12.1. The Morgan fingerprint density at radius 2 is 1.62 bits per heavy atom. The molecule has 0 atom stereocenters. The van der Waals surface area contributed by atoms with E-state index >= 15 is 0 Å². The molecule has 0 spiro atoms. The fourth-order valence-electron chi connectivity index (χ4n) is 3.92. The molecule has 1 saturated carbocycles. The minimum absolute atomic E-state index is 0.0615. The van der Waals surface area contributed by atoms with E-state index in [-0.39, 0.29) is 11.8 Å². The van der Waals surface area contributed by atoms with E-state index in [1.54, 1.807) is 4.31 Å². The maximum Gasteiger partial charge on any atom is 0.315 e. The Morgan fingerprint density at radius 3 is 2.23 bits per heavy atom. The lowest BCUT2D eigenvalue weighted by Crippen LogP contribution is -2.46. The third-order valence-corrected chi connectivity index (χ3v) is 7.67. The summed E-state index contributed by atoms with van der Waals surface area (Å²) < 4.78 is 26.1. The van der Waals surface area contributed by atoms with Gasteiger partial charge >= 0.3 is 6.03 Å². The lowest BCUT2D eigenvalue weighted by atomic mass is 9.97. The molecule has 26 heavy (non-hydrogen) atoms. The van der Waals surface area contributed by atoms with Crippen LogP contribution in [0.5, 0.6) is 0 Å². The van der Waals surface area contributed by atoms with E-state index in [1.165, 1.54) is 32.1 Å². The van der Waals surface area contributed by atoms with Gasteiger partial charge in [0.15, 0.2) is 0 Å². The standard InChI is InChI=1S/C19H37N3O3S/c1-2-3-15-26(24,25)22-13-11-17(12-14-22)16-20-19(23)21-18-9-7-5-4-6-8-10-18/h17-18H,2-16H2,1H3,(H2,20,21,23). The average molecular weight is 388 g/mol. The first-order chi connectivity index (χ1) is 12.5. The SMILES string of the molecule is CCCCS(=O)(=O)N1CCC(CNC(=O)NC2CCCCCCC2)CC1. The molecule has 0 aromatic rings. The monoisotopic (exact) mass is 387 g/mol. The number of nitrogens with one attached hydrogen (secondary N) is 2. The number of hydrogen-bond donors (Lipinski definition) is 2. The van der Waals surface area contributed by atoms with Crippen LogP contribution in [0.1, 0.15) is 77.6 Å². The molecule has 2 N–H and O–H groups in total. The predicted molar refractivity (Wildman–Crippen MR) is 106 cm³/mol. The Morgan fingerprint density at radius 1 is 1.00 bits per heavy atom. The van der Waals surface area contributed by atoms with E-state index in [0.29, 0.717) is 31.6 Å². The van der Waals surface area contributed by atoms with Crippen LogP contribution in [0.15, 0.2) is 0 Å². The van der Waals surface area contributed by atoms with Crippen LogP contribution in [0.25, 0.3) is 0 Å². The first kappa shape index (κ1) is 21.5. The van der Waals surface area contributed by atoms with Gasteiger partial charge in [0.1, 0.15) is 0 Å². The number of sulfonamides is 1. The zero-order chi connectivity index (χ0) is 18.8. The number of urea groups is 1. The topological polar surface area (TPSA) is 78.5 Å². The molecule has 0 bridgehead atoms. The van der Waals surface area contributed by atoms with Crippen LogP contribution >= 0.6 is 0 Å². The summed E-state index contributed by atoms with van der Waals surface area (Å²) >= 11 is 0. The normalized spacial score (nSPS) is 21.7. The fraction of sp³-hybridized carbons (Fsp3) is 0.947. The highest BCUT2D eigenvalue weighted by Crippen LogP contribution is 2.20. The second kappa shape index (κ2) is 11.1. The largest absolute Gasteiger partial charge is 0.338 e. The van der Waals surface area contributed by atoms with Crippen molar-refractivity contribution in [3.63, 3.8) is 0 Å². The second-order valence-corrected chi connectivity index (χ2v) is 10.00. The molecular formula is C19H37N3O3S. The maximum absolute atomic E-state index is 12.2. The summed E-state index contributed by atoms with van der Waals surface area (Å²) in [5, 5.41) is 6.13. The van der Waals surface area contributed by atoms with Gasteiger partial charge in [0.25, 0.3) is 0 Å². The van der Waals surface area contributed by atoms with Crippen LogP contribution in [0.3, 0.4) is 0 Å². The summed E-state index contributed by atoms with van der Waals surface area (Å²) in [7, 11) is -3.09. The van der Waals surface area contributed by atoms with Gasteiger partial charge in [-0.25, -0.2) is 17.5 Å². The molecule has 1 aliphatic heterocycles. The van der Waals surface area contributed by atoms with Crippen LogP contribution in [0.2, 0.25) is 0 Å². The highest BCUT2D eigenvalue weighted by molar-refractivity contribution is 7.89. The number of carbonyl (C=O) groups is 1. The van der Waals surface area contributed by atoms with Gasteiger partial charge in [0.2, 0.25) is 10.0 Å². The molecule has 1 heterocycles. The van der Waals surface area contributed by atoms with Crippen molar-refractivity contribution in [2.75, 3.05) is 25.4 Å². The van der Waals surface area contributed by atoms with Gasteiger partial charge in [-0.1, -0.05) is 45.4 Å². The van der Waals surface area contributed by atoms with E-state index in [4.69, 9.17) is 0 Å². The number of piperidine rings is 1. The summed E-state index contributed by atoms with van der Waals surface area (Å²) in [6.45, 7) is 3.82. The van der Waals surface area contributed by atoms with E-state index in [9.17, 15) is 13.2 Å². The predicted octanol–water partition coefficient (Wildman–Crippen LogP) is 3.24. The van der Waals surface area contributed by atoms with Crippen LogP contribution < -0.4 is 10.6 Å². The van der Waals surface area contributed by atoms with Crippen molar-refractivity contribution >= 4 is 16.1 Å². The van der Waals surface area contributed by atoms with E-state index in [0.717, 1.165) is 38.5 Å². The molecule has 2 amide bonds. The van der Waals surface area contributed by atoms with Crippen LogP contribution in [0.4, 0.5) is 4.79 Å². The number of hydrogen-bond acceptors (Lipinski definition) is 3. The minimum atomic E-state index is -3.09. The lowest BCUT2D eigenvalue weighted by molar-refractivity contribution is 0.225. The molecule has 0 radical (unpaired) electrons. The summed E-state index contributed by atoms with van der Waals surface area (Å²) in [5.41, 5.74) is 0. The van der Waals surface area contributed by atoms with E-state index in [2.05, 4.69) is 10.6 Å². The molecule has 2 aliphatic rings. The van der Waals surface area contributed by atoms with Gasteiger partial charge in [0.05, 0.1) is 5.75 Å². The van der Waals surface area contributed by atoms with Crippen molar-refractivity contribution in [2.24, 2.45) is 5.92 Å². The summed E-state index contributed by atoms with van der Waals surface area (Å²) in [5.74, 6) is 0.631. The van der Waals surface area contributed by atoms with Crippen molar-refractivity contribution in [3.05, 3.63) is 0 Å². The summed E-state index contributed by atoms with van der Waals surface area (Å²) in [6, 6.07) is 0.245. The summed E-state index contributed by atoms with van der Waals surface area (Å²) in [4.78, 5) is 12.2. The molecule has 1 saturated heterocycles. The van der Waals surface area contributed by atoms with Gasteiger partial charge in [-0.05, 0) is 38.0 Å². The van der Waals surface area contributed by atoms with Crippen LogP contribution in [-0.2, 0) is 10.0 Å². The number of rotatable bonds is 7. The molecular weight excluding hydrogens is 350 g/mol. The minimum Gasteiger partial charge on any atom is -0.338 e. The molecule has 6 nitrogen and oxygen atoms in total. The van der Waals surface area contributed by atoms with Gasteiger partial charge in [-0.15, -0.1) is 0 Å². The molecule has 152 valence electrons. The quantitative estimate of drug-likeness (QED) is 0.704. The fourth-order valence-corrected chi connectivity index (χ4v) is 5.60. The lowest BCUT2D eigenvalue weighted by Gasteiger charge is -2.31. The molecule has 7 heteroatoms. The molecule has 1 aliphatic carbocycles. The molecule has 2 rings (SSSR count). The number of carbonyl (C=O) groups excluding carboxylic acids is 1. The van der Waals surface area contributed by atoms with E-state index < -0.39 is 10.0 Å². The van der Waals surface area contributed by atoms with Gasteiger partial charge in [-0.3, -0.25) is 0 Å². The van der Waals surface area contributed by atoms with Gasteiger partial charge < -0.3 is 10.6 Å². The van der Waals surface area contributed by atoms with Crippen molar-refractivity contribution in [1.82, 2.24) is 14.9 Å². The number of unbranched alkanes of at least 4 members (excludes halogenated alkanes) is 1. The number of nitrogens with zero attached hydrogens (tertiary/aromatic N) is 1. The molecule has 0 unspecified atom stereocenters. The third-order valence-electron chi connectivity index (χ3n) is 5.71. The second-order valence-electron chi connectivity index (χ2n) is 7.91. The smallest absolute Gasteiger partial charge is 0.315 e. The Labute approximate surface area is 159 Å². The van der Waals surface area contributed by atoms with E-state index in [1.807, 2.05) is 6.92 Å². The Bertz CT molecular complexity index is 508. The molecule has 0 aromatic carbocycles. The maximum atomic E-state index is 12.2. The molecule has 2 fully saturated rings. The Balaban J connectivity index is 1.65. The van der Waals surface area contributed by atoms with Gasteiger partial charge in [-0.2, -0.15) is 0 Å². The zero-order valence-electron chi connectivity index (χ0n) is 16.3. The zero-order valence-corrected chi connectivity index (χ0v) is 17.2. The van der Waals surface area contributed by atoms with Crippen molar-refractivity contribution < 1.29 is 13.2 Å². The van der Waals surface area contributed by atoms with Crippen LogP contribution in [-0.4, -0.2) is 50.2 Å². The van der Waals surface area contributed by atoms with Crippen LogP contribution in [0, 0.1) is 5.92 Å². The highest BCUT2D eigenvalue weighted by atomic mass is 32.2. The Hall–Kier alpha value is -0.820. The number of amides is 2. The van der Waals surface area contributed by atoms with Crippen molar-refractivity contribution in [3.8, 4) is 0 Å². The summed E-state index contributed by atoms with van der Waals surface area (Å²) in [6.07, 6.45) is 11.7. The highest BCUT2D eigenvalue weighted by Gasteiger charge is 2.27. The average Bonchev–Trinajstić information content (AvgIpc) is 2.61. The Kier molecular flexibility index (Phi) is 9.19. The molecule has 0 aromatic heterocycles. The first-order valence-electron chi connectivity index (χ1n) is 10.5. The third kappa shape index (κ3) is 7.43.